The molecule has 0 spiro atoms. The Hall–Kier alpha value is -1.30. The predicted molar refractivity (Wildman–Crippen MR) is 121 cm³/mol. The monoisotopic (exact) mass is 326 g/mol. The molecule has 0 aliphatic rings. The van der Waals surface area contributed by atoms with Gasteiger partial charge in [-0.3, -0.25) is 0 Å². The molecule has 0 aliphatic carbocycles. The van der Waals surface area contributed by atoms with E-state index in [4.69, 9.17) is 0 Å². The Balaban J connectivity index is -0.0000000360. The first-order chi connectivity index (χ1) is 10.7. The Labute approximate surface area is 151 Å². The van der Waals surface area contributed by atoms with E-state index in [9.17, 15) is 0 Å². The van der Waals surface area contributed by atoms with E-state index in [0.29, 0.717) is 0 Å². The lowest BCUT2D eigenvalue weighted by molar-refractivity contribution is 1.46. The Bertz CT molecular complexity index is 237. The average molecular weight is 327 g/mol. The molecule has 0 aromatic rings. The zero-order valence-electron chi connectivity index (χ0n) is 17.9. The van der Waals surface area contributed by atoms with Crippen LogP contribution < -0.4 is 0 Å². The summed E-state index contributed by atoms with van der Waals surface area (Å²) in [5, 5.41) is 0. The van der Waals surface area contributed by atoms with Crippen molar-refractivity contribution in [3.8, 4) is 0 Å². The molecule has 0 heterocycles. The van der Waals surface area contributed by atoms with Gasteiger partial charge in [-0.05, 0) is 38.8 Å². The van der Waals surface area contributed by atoms with E-state index in [1.165, 1.54) is 11.1 Å². The first kappa shape index (κ1) is 43.0. The minimum atomic E-state index is 0. The molecule has 0 nitrogen and oxygen atoms in total. The summed E-state index contributed by atoms with van der Waals surface area (Å²) in [5.41, 5.74) is 2.41. The Morgan fingerprint density at radius 2 is 0.870 bits per heavy atom. The first-order valence-corrected chi connectivity index (χ1v) is 8.86. The van der Waals surface area contributed by atoms with Gasteiger partial charge in [-0.1, -0.05) is 106 Å². The van der Waals surface area contributed by atoms with E-state index in [0.717, 1.165) is 0 Å². The molecule has 0 amide bonds. The molecule has 0 aromatic heterocycles. The molecule has 0 N–H and O–H groups in total. The van der Waals surface area contributed by atoms with Crippen molar-refractivity contribution in [3.05, 3.63) is 60.8 Å². The molecule has 0 bridgehead atoms. The fourth-order valence-corrected chi connectivity index (χ4v) is 0.941. The number of rotatable bonds is 3. The highest BCUT2D eigenvalue weighted by molar-refractivity contribution is 5.44. The van der Waals surface area contributed by atoms with Crippen LogP contribution in [-0.4, -0.2) is 0 Å². The van der Waals surface area contributed by atoms with Crippen molar-refractivity contribution >= 4 is 0 Å². The smallest absolute Gasteiger partial charge is 0.0234 e. The van der Waals surface area contributed by atoms with Crippen molar-refractivity contribution < 1.29 is 0 Å². The first-order valence-electron chi connectivity index (χ1n) is 8.86. The van der Waals surface area contributed by atoms with Crippen LogP contribution in [0.1, 0.15) is 90.5 Å². The number of allylic oxidation sites excluding steroid dienone is 8. The van der Waals surface area contributed by atoms with Gasteiger partial charge in [0.05, 0.1) is 0 Å². The molecule has 0 fully saturated rings. The Morgan fingerprint density at radius 3 is 1.00 bits per heavy atom. The average Bonchev–Trinajstić information content (AvgIpc) is 2.63. The van der Waals surface area contributed by atoms with Crippen LogP contribution in [0.15, 0.2) is 60.8 Å². The lowest BCUT2D eigenvalue weighted by atomic mass is 10.1. The van der Waals surface area contributed by atoms with Crippen molar-refractivity contribution in [2.24, 2.45) is 0 Å². The molecule has 0 radical (unpaired) electrons. The van der Waals surface area contributed by atoms with Crippen molar-refractivity contribution in [3.63, 3.8) is 0 Å². The molecule has 0 rings (SSSR count). The second-order valence-electron chi connectivity index (χ2n) is 2.60. The second-order valence-corrected chi connectivity index (χ2v) is 2.60. The third-order valence-corrected chi connectivity index (χ3v) is 1.52. The summed E-state index contributed by atoms with van der Waals surface area (Å²) < 4.78 is 0. The lowest BCUT2D eigenvalue weighted by Gasteiger charge is -1.99. The van der Waals surface area contributed by atoms with Gasteiger partial charge in [-0.2, -0.15) is 0 Å². The van der Waals surface area contributed by atoms with Crippen LogP contribution >= 0.6 is 0 Å². The highest BCUT2D eigenvalue weighted by Crippen LogP contribution is 2.11. The normalized spacial score (nSPS) is 8.35. The lowest BCUT2D eigenvalue weighted by Crippen LogP contribution is -1.80. The van der Waals surface area contributed by atoms with E-state index in [-0.39, 0.29) is 7.43 Å². The summed E-state index contributed by atoms with van der Waals surface area (Å²) >= 11 is 0. The maximum atomic E-state index is 3.74. The number of hydrogen-bond acceptors (Lipinski definition) is 0. The Kier molecular flexibility index (Phi) is 131. The Morgan fingerprint density at radius 1 is 0.609 bits per heavy atom. The summed E-state index contributed by atoms with van der Waals surface area (Å²) in [6.45, 7) is 31.1. The SMILES string of the molecule is C.C=CC.C=CC(=C/C)/C(/C=C\C)=C\C.CC.CC.CC.CC. The zero-order valence-corrected chi connectivity index (χ0v) is 17.9. The third kappa shape index (κ3) is 52.9. The van der Waals surface area contributed by atoms with Gasteiger partial charge in [0.2, 0.25) is 0 Å². The van der Waals surface area contributed by atoms with E-state index in [1.54, 1.807) is 6.08 Å². The van der Waals surface area contributed by atoms with Gasteiger partial charge in [0.1, 0.15) is 0 Å². The fourth-order valence-electron chi connectivity index (χ4n) is 0.941. The highest BCUT2D eigenvalue weighted by Gasteiger charge is 1.92. The van der Waals surface area contributed by atoms with Gasteiger partial charge in [0.25, 0.3) is 0 Å². The fraction of sp³-hybridized carbons (Fsp3) is 0.565. The zero-order chi connectivity index (χ0) is 19.4. The molecule has 23 heavy (non-hydrogen) atoms. The van der Waals surface area contributed by atoms with E-state index in [2.05, 4.69) is 31.4 Å². The minimum Gasteiger partial charge on any atom is -0.103 e. The molecule has 0 saturated heterocycles. The molecule has 0 aromatic carbocycles. The van der Waals surface area contributed by atoms with Crippen molar-refractivity contribution in [2.75, 3.05) is 0 Å². The topological polar surface area (TPSA) is 0 Å². The molecule has 0 heteroatoms. The summed E-state index contributed by atoms with van der Waals surface area (Å²) in [5.74, 6) is 0. The van der Waals surface area contributed by atoms with Crippen LogP contribution in [0, 0.1) is 0 Å². The third-order valence-electron chi connectivity index (χ3n) is 1.52. The van der Waals surface area contributed by atoms with Crippen LogP contribution in [-0.2, 0) is 0 Å². The molecular weight excluding hydrogens is 276 g/mol. The standard InChI is InChI=1S/C11H16.C3H6.4C2H6.CH4/c1-5-9-11(8-4)10(6-2)7-3;1-3-2;4*1-2;/h5-9H,2H2,1,3-4H3;3H,1H2,2H3;4*1-2H3;1H4/b9-5-,10-7-,11-8-;;;;;;. The molecule has 0 unspecified atom stereocenters. The molecule has 0 atom stereocenters. The molecule has 142 valence electrons. The van der Waals surface area contributed by atoms with Crippen LogP contribution in [0.2, 0.25) is 0 Å². The van der Waals surface area contributed by atoms with Gasteiger partial charge in [-0.25, -0.2) is 0 Å². The van der Waals surface area contributed by atoms with Crippen molar-refractivity contribution in [1.29, 1.82) is 0 Å². The van der Waals surface area contributed by atoms with Crippen molar-refractivity contribution in [1.82, 2.24) is 0 Å². The predicted octanol–water partition coefficient (Wildman–Crippen LogP) is 9.57. The molecular formula is C23H50. The van der Waals surface area contributed by atoms with Crippen molar-refractivity contribution in [2.45, 2.75) is 90.5 Å². The van der Waals surface area contributed by atoms with Crippen LogP contribution in [0.4, 0.5) is 0 Å². The van der Waals surface area contributed by atoms with Gasteiger partial charge in [0.15, 0.2) is 0 Å². The van der Waals surface area contributed by atoms with Crippen LogP contribution in [0.3, 0.4) is 0 Å². The van der Waals surface area contributed by atoms with E-state index < -0.39 is 0 Å². The minimum absolute atomic E-state index is 0. The second kappa shape index (κ2) is 70.2. The van der Waals surface area contributed by atoms with E-state index >= 15 is 0 Å². The van der Waals surface area contributed by atoms with Gasteiger partial charge in [-0.15, -0.1) is 6.58 Å². The van der Waals surface area contributed by atoms with Crippen LogP contribution in [0.25, 0.3) is 0 Å². The summed E-state index contributed by atoms with van der Waals surface area (Å²) in [6.07, 6.45) is 11.9. The van der Waals surface area contributed by atoms with Gasteiger partial charge < -0.3 is 0 Å². The van der Waals surface area contributed by atoms with Crippen LogP contribution in [0.5, 0.6) is 0 Å². The maximum absolute atomic E-state index is 3.74. The molecule has 0 saturated carbocycles. The maximum Gasteiger partial charge on any atom is -0.0234 e. The largest absolute Gasteiger partial charge is 0.103 e. The summed E-state index contributed by atoms with van der Waals surface area (Å²) in [4.78, 5) is 0. The van der Waals surface area contributed by atoms with E-state index in [1.807, 2.05) is 95.2 Å². The van der Waals surface area contributed by atoms with Gasteiger partial charge >= 0.3 is 0 Å². The summed E-state index contributed by atoms with van der Waals surface area (Å²) in [6, 6.07) is 0. The van der Waals surface area contributed by atoms with Gasteiger partial charge in [0, 0.05) is 0 Å². The molecule has 0 aliphatic heterocycles. The highest BCUT2D eigenvalue weighted by atomic mass is 14.0. The quantitative estimate of drug-likeness (QED) is 0.357. The summed E-state index contributed by atoms with van der Waals surface area (Å²) in [7, 11) is 0. The number of hydrogen-bond donors (Lipinski definition) is 0.